The molecule has 2 amide bonds. The summed E-state index contributed by atoms with van der Waals surface area (Å²) in [6, 6.07) is 12.0. The molecule has 7 heteroatoms. The maximum absolute atomic E-state index is 13.1. The van der Waals surface area contributed by atoms with Gasteiger partial charge in [0, 0.05) is 5.69 Å². The smallest absolute Gasteiger partial charge is 0.340 e. The average Bonchev–Trinajstić information content (AvgIpc) is 2.92. The Kier molecular flexibility index (Phi) is 6.03. The molecule has 1 heterocycles. The van der Waals surface area contributed by atoms with Crippen LogP contribution in [-0.4, -0.2) is 24.4 Å². The molecular weight excluding hydrogens is 392 g/mol. The Morgan fingerprint density at radius 1 is 1.10 bits per heavy atom. The van der Waals surface area contributed by atoms with Crippen LogP contribution in [0.5, 0.6) is 0 Å². The fraction of sp³-hybridized carbons (Fsp3) is 0.227. The van der Waals surface area contributed by atoms with Crippen LogP contribution in [0.15, 0.2) is 53.2 Å². The lowest BCUT2D eigenvalue weighted by atomic mass is 10.1. The van der Waals surface area contributed by atoms with Gasteiger partial charge < -0.3 is 10.1 Å². The summed E-state index contributed by atoms with van der Waals surface area (Å²) in [5.41, 5.74) is 2.81. The van der Waals surface area contributed by atoms with Gasteiger partial charge in [-0.25, -0.2) is 9.69 Å². The van der Waals surface area contributed by atoms with Gasteiger partial charge in [0.15, 0.2) is 0 Å². The van der Waals surface area contributed by atoms with Crippen LogP contribution in [0.25, 0.3) is 0 Å². The van der Waals surface area contributed by atoms with Crippen LogP contribution in [0.3, 0.4) is 0 Å². The standard InChI is InChI=1S/C22H21ClN2O4/c1-4-11-29-22(28)15-7-5-6-8-17(15)25-20(26)18(23)19(21(25)27)24-16-12-13(2)9-10-14(16)3/h5-10,12,24H,4,11H2,1-3H3. The minimum atomic E-state index is -0.694. The van der Waals surface area contributed by atoms with Crippen molar-refractivity contribution >= 4 is 40.8 Å². The zero-order valence-corrected chi connectivity index (χ0v) is 17.2. The topological polar surface area (TPSA) is 75.7 Å². The van der Waals surface area contributed by atoms with Gasteiger partial charge in [-0.15, -0.1) is 0 Å². The zero-order chi connectivity index (χ0) is 21.1. The fourth-order valence-corrected chi connectivity index (χ4v) is 3.16. The van der Waals surface area contributed by atoms with E-state index in [4.69, 9.17) is 16.3 Å². The molecule has 6 nitrogen and oxygen atoms in total. The first-order valence-electron chi connectivity index (χ1n) is 9.24. The van der Waals surface area contributed by atoms with Gasteiger partial charge in [0.1, 0.15) is 10.7 Å². The Labute approximate surface area is 174 Å². The third-order valence-electron chi connectivity index (χ3n) is 4.48. The van der Waals surface area contributed by atoms with Crippen LogP contribution >= 0.6 is 11.6 Å². The van der Waals surface area contributed by atoms with E-state index in [2.05, 4.69) is 5.32 Å². The quantitative estimate of drug-likeness (QED) is 0.565. The van der Waals surface area contributed by atoms with E-state index in [0.717, 1.165) is 16.0 Å². The summed E-state index contributed by atoms with van der Waals surface area (Å²) in [6.07, 6.45) is 0.660. The summed E-state index contributed by atoms with van der Waals surface area (Å²) in [7, 11) is 0. The molecule has 0 radical (unpaired) electrons. The summed E-state index contributed by atoms with van der Waals surface area (Å²) >= 11 is 6.21. The zero-order valence-electron chi connectivity index (χ0n) is 16.4. The van der Waals surface area contributed by atoms with Gasteiger partial charge in [0.2, 0.25) is 0 Å². The van der Waals surface area contributed by atoms with Gasteiger partial charge in [-0.05, 0) is 49.6 Å². The number of para-hydroxylation sites is 1. The minimum Gasteiger partial charge on any atom is -0.462 e. The Hall–Kier alpha value is -3.12. The minimum absolute atomic E-state index is 0.0258. The molecule has 0 bridgehead atoms. The van der Waals surface area contributed by atoms with E-state index in [1.807, 2.05) is 39.0 Å². The van der Waals surface area contributed by atoms with E-state index in [1.165, 1.54) is 12.1 Å². The van der Waals surface area contributed by atoms with Crippen molar-refractivity contribution in [3.8, 4) is 0 Å². The number of anilines is 2. The van der Waals surface area contributed by atoms with Crippen molar-refractivity contribution < 1.29 is 19.1 Å². The summed E-state index contributed by atoms with van der Waals surface area (Å²) in [6.45, 7) is 5.93. The number of aryl methyl sites for hydroxylation is 2. The highest BCUT2D eigenvalue weighted by molar-refractivity contribution is 6.53. The van der Waals surface area contributed by atoms with Gasteiger partial charge in [-0.1, -0.05) is 42.8 Å². The molecule has 0 fully saturated rings. The highest BCUT2D eigenvalue weighted by Crippen LogP contribution is 2.33. The monoisotopic (exact) mass is 412 g/mol. The number of nitrogens with one attached hydrogen (secondary N) is 1. The second-order valence-electron chi connectivity index (χ2n) is 6.73. The number of hydrogen-bond donors (Lipinski definition) is 1. The van der Waals surface area contributed by atoms with Crippen molar-refractivity contribution in [2.45, 2.75) is 27.2 Å². The third kappa shape index (κ3) is 4.03. The molecule has 0 unspecified atom stereocenters. The van der Waals surface area contributed by atoms with Crippen molar-refractivity contribution in [3.63, 3.8) is 0 Å². The number of hydrogen-bond acceptors (Lipinski definition) is 5. The molecule has 1 aliphatic rings. The van der Waals surface area contributed by atoms with Gasteiger partial charge in [-0.3, -0.25) is 9.59 Å². The number of halogens is 1. The molecule has 0 atom stereocenters. The Balaban J connectivity index is 1.95. The first kappa shape index (κ1) is 20.6. The van der Waals surface area contributed by atoms with Crippen LogP contribution in [0.2, 0.25) is 0 Å². The largest absolute Gasteiger partial charge is 0.462 e. The Morgan fingerprint density at radius 3 is 2.55 bits per heavy atom. The molecule has 0 spiro atoms. The van der Waals surface area contributed by atoms with E-state index in [1.54, 1.807) is 12.1 Å². The van der Waals surface area contributed by atoms with Gasteiger partial charge in [0.05, 0.1) is 17.9 Å². The average molecular weight is 413 g/mol. The number of rotatable bonds is 6. The van der Waals surface area contributed by atoms with Crippen molar-refractivity contribution in [3.05, 3.63) is 69.9 Å². The first-order chi connectivity index (χ1) is 13.8. The SMILES string of the molecule is CCCOC(=O)c1ccccc1N1C(=O)C(Cl)=C(Nc2cc(C)ccc2C)C1=O. The normalized spacial score (nSPS) is 13.9. The summed E-state index contributed by atoms with van der Waals surface area (Å²) in [5.74, 6) is -1.92. The van der Waals surface area contributed by atoms with Crippen molar-refractivity contribution in [2.75, 3.05) is 16.8 Å². The number of carbonyl (C=O) groups excluding carboxylic acids is 3. The second kappa shape index (κ2) is 8.49. The molecule has 0 aromatic heterocycles. The maximum Gasteiger partial charge on any atom is 0.340 e. The summed E-state index contributed by atoms with van der Waals surface area (Å²) < 4.78 is 5.18. The number of benzene rings is 2. The molecule has 150 valence electrons. The summed E-state index contributed by atoms with van der Waals surface area (Å²) in [4.78, 5) is 39.1. The highest BCUT2D eigenvalue weighted by atomic mass is 35.5. The van der Waals surface area contributed by atoms with Crippen molar-refractivity contribution in [1.82, 2.24) is 0 Å². The predicted octanol–water partition coefficient (Wildman–Crippen LogP) is 4.31. The number of nitrogens with zero attached hydrogens (tertiary/aromatic N) is 1. The molecular formula is C22H21ClN2O4. The van der Waals surface area contributed by atoms with Crippen LogP contribution in [-0.2, 0) is 14.3 Å². The van der Waals surface area contributed by atoms with E-state index in [9.17, 15) is 14.4 Å². The molecule has 0 aliphatic carbocycles. The molecule has 3 rings (SSSR count). The Bertz CT molecular complexity index is 1030. The van der Waals surface area contributed by atoms with E-state index in [0.29, 0.717) is 12.1 Å². The van der Waals surface area contributed by atoms with Gasteiger partial charge in [0.25, 0.3) is 11.8 Å². The third-order valence-corrected chi connectivity index (χ3v) is 4.83. The van der Waals surface area contributed by atoms with E-state index in [-0.39, 0.29) is 28.6 Å². The first-order valence-corrected chi connectivity index (χ1v) is 9.62. The molecule has 0 saturated carbocycles. The van der Waals surface area contributed by atoms with Crippen LogP contribution in [0, 0.1) is 13.8 Å². The van der Waals surface area contributed by atoms with E-state index >= 15 is 0 Å². The maximum atomic E-state index is 13.1. The fourth-order valence-electron chi connectivity index (χ4n) is 2.95. The number of amides is 2. The second-order valence-corrected chi connectivity index (χ2v) is 7.11. The number of esters is 1. The molecule has 2 aromatic rings. The Morgan fingerprint density at radius 2 is 1.83 bits per heavy atom. The van der Waals surface area contributed by atoms with Crippen molar-refractivity contribution in [1.29, 1.82) is 0 Å². The van der Waals surface area contributed by atoms with Crippen molar-refractivity contribution in [2.24, 2.45) is 0 Å². The highest BCUT2D eigenvalue weighted by Gasteiger charge is 2.40. The van der Waals surface area contributed by atoms with E-state index < -0.39 is 17.8 Å². The number of imide groups is 1. The lowest BCUT2D eigenvalue weighted by Crippen LogP contribution is -2.33. The lowest BCUT2D eigenvalue weighted by Gasteiger charge is -2.18. The molecule has 0 saturated heterocycles. The molecule has 29 heavy (non-hydrogen) atoms. The van der Waals surface area contributed by atoms with Gasteiger partial charge >= 0.3 is 5.97 Å². The van der Waals surface area contributed by atoms with Crippen LogP contribution < -0.4 is 10.2 Å². The predicted molar refractivity (Wildman–Crippen MR) is 112 cm³/mol. The number of ether oxygens (including phenoxy) is 1. The lowest BCUT2D eigenvalue weighted by molar-refractivity contribution is -0.120. The van der Waals surface area contributed by atoms with Gasteiger partial charge in [-0.2, -0.15) is 0 Å². The number of carbonyl (C=O) groups is 3. The molecule has 2 aromatic carbocycles. The molecule has 1 aliphatic heterocycles. The van der Waals surface area contributed by atoms with Crippen LogP contribution in [0.4, 0.5) is 11.4 Å². The molecule has 1 N–H and O–H groups in total. The summed E-state index contributed by atoms with van der Waals surface area (Å²) in [5, 5.41) is 2.75. The van der Waals surface area contributed by atoms with Crippen LogP contribution in [0.1, 0.15) is 34.8 Å².